The van der Waals surface area contributed by atoms with E-state index in [1.807, 2.05) is 42.5 Å². The van der Waals surface area contributed by atoms with Crippen molar-refractivity contribution in [2.75, 3.05) is 0 Å². The van der Waals surface area contributed by atoms with Crippen LogP contribution in [-0.4, -0.2) is 11.3 Å². The van der Waals surface area contributed by atoms with Gasteiger partial charge in [-0.1, -0.05) is 48.5 Å². The van der Waals surface area contributed by atoms with Gasteiger partial charge in [-0.05, 0) is 47.9 Å². The van der Waals surface area contributed by atoms with Crippen molar-refractivity contribution in [1.82, 2.24) is 4.98 Å². The molecule has 1 N–H and O–H groups in total. The normalized spacial score (nSPS) is 11.6. The molecule has 0 amide bonds. The highest BCUT2D eigenvalue weighted by molar-refractivity contribution is 5.83. The van der Waals surface area contributed by atoms with Gasteiger partial charge < -0.3 is 9.72 Å². The van der Waals surface area contributed by atoms with Crippen LogP contribution >= 0.6 is 0 Å². The number of hydrogen-bond acceptors (Lipinski definition) is 2. The Morgan fingerprint density at radius 1 is 0.793 bits per heavy atom. The fourth-order valence-corrected chi connectivity index (χ4v) is 3.30. The molecule has 0 unspecified atom stereocenters. The molecule has 0 spiro atoms. The van der Waals surface area contributed by atoms with Crippen LogP contribution < -0.4 is 10.2 Å². The van der Waals surface area contributed by atoms with Gasteiger partial charge in [-0.3, -0.25) is 4.79 Å². The molecule has 4 aromatic rings. The third kappa shape index (κ3) is 3.87. The predicted octanol–water partition coefficient (Wildman–Crippen LogP) is 6.07. The molecule has 1 aromatic heterocycles. The largest absolute Gasteiger partial charge is 0.573 e. The molecule has 0 radical (unpaired) electrons. The van der Waals surface area contributed by atoms with Gasteiger partial charge in [0.25, 0.3) is 0 Å². The predicted molar refractivity (Wildman–Crippen MR) is 107 cm³/mol. The van der Waals surface area contributed by atoms with E-state index < -0.39 is 6.36 Å². The Morgan fingerprint density at radius 2 is 1.34 bits per heavy atom. The molecule has 29 heavy (non-hydrogen) atoms. The second kappa shape index (κ2) is 7.13. The Balaban J connectivity index is 1.66. The molecule has 3 aromatic carbocycles. The van der Waals surface area contributed by atoms with E-state index in [1.54, 1.807) is 25.1 Å². The summed E-state index contributed by atoms with van der Waals surface area (Å²) in [5, 5.41) is 0.645. The number of para-hydroxylation sites is 1. The lowest BCUT2D eigenvalue weighted by atomic mass is 10.00. The lowest BCUT2D eigenvalue weighted by molar-refractivity contribution is -0.274. The van der Waals surface area contributed by atoms with Crippen molar-refractivity contribution in [2.24, 2.45) is 0 Å². The highest BCUT2D eigenvalue weighted by Gasteiger charge is 2.30. The van der Waals surface area contributed by atoms with Crippen molar-refractivity contribution in [3.8, 4) is 28.1 Å². The lowest BCUT2D eigenvalue weighted by Gasteiger charge is -2.11. The number of alkyl halides is 3. The Morgan fingerprint density at radius 3 is 1.97 bits per heavy atom. The standard InChI is InChI=1S/C23H16F3NO2/c1-14-21(27-20-5-3-2-4-19(20)22(14)28)17-8-6-15(7-9-17)16-10-12-18(13-11-16)29-23(24,25)26/h2-13H,1H3,(H,27,28). The minimum atomic E-state index is -4.71. The number of ether oxygens (including phenoxy) is 1. The van der Waals surface area contributed by atoms with Crippen LogP contribution in [0.1, 0.15) is 5.56 Å². The van der Waals surface area contributed by atoms with Crippen LogP contribution in [0.3, 0.4) is 0 Å². The first-order chi connectivity index (χ1) is 13.8. The van der Waals surface area contributed by atoms with Gasteiger partial charge >= 0.3 is 6.36 Å². The molecule has 0 aliphatic heterocycles. The topological polar surface area (TPSA) is 42.1 Å². The van der Waals surface area contributed by atoms with Crippen LogP contribution in [-0.2, 0) is 0 Å². The number of H-pyrrole nitrogens is 1. The average molecular weight is 395 g/mol. The van der Waals surface area contributed by atoms with Crippen LogP contribution in [0, 0.1) is 6.92 Å². The van der Waals surface area contributed by atoms with E-state index in [4.69, 9.17) is 0 Å². The van der Waals surface area contributed by atoms with E-state index in [1.165, 1.54) is 12.1 Å². The first-order valence-electron chi connectivity index (χ1n) is 8.90. The number of aromatic nitrogens is 1. The quantitative estimate of drug-likeness (QED) is 0.458. The maximum atomic E-state index is 12.6. The second-order valence-electron chi connectivity index (χ2n) is 6.65. The second-order valence-corrected chi connectivity index (χ2v) is 6.65. The Kier molecular flexibility index (Phi) is 4.62. The molecule has 0 saturated carbocycles. The molecule has 1 heterocycles. The zero-order valence-corrected chi connectivity index (χ0v) is 15.4. The van der Waals surface area contributed by atoms with Gasteiger partial charge in [0.05, 0.1) is 5.69 Å². The van der Waals surface area contributed by atoms with Crippen LogP contribution in [0.5, 0.6) is 5.75 Å². The van der Waals surface area contributed by atoms with Crippen molar-refractivity contribution < 1.29 is 17.9 Å². The zero-order valence-electron chi connectivity index (χ0n) is 15.4. The van der Waals surface area contributed by atoms with Gasteiger partial charge in [-0.2, -0.15) is 0 Å². The van der Waals surface area contributed by atoms with Crippen molar-refractivity contribution in [2.45, 2.75) is 13.3 Å². The number of hydrogen-bond donors (Lipinski definition) is 1. The molecule has 0 atom stereocenters. The number of pyridine rings is 1. The summed E-state index contributed by atoms with van der Waals surface area (Å²) < 4.78 is 40.7. The summed E-state index contributed by atoms with van der Waals surface area (Å²) in [6, 6.07) is 20.5. The summed E-state index contributed by atoms with van der Waals surface area (Å²) in [6.07, 6.45) is -4.71. The fraction of sp³-hybridized carbons (Fsp3) is 0.0870. The number of aromatic amines is 1. The fourth-order valence-electron chi connectivity index (χ4n) is 3.30. The Labute approximate surface area is 164 Å². The molecular weight excluding hydrogens is 379 g/mol. The number of rotatable bonds is 3. The third-order valence-corrected chi connectivity index (χ3v) is 4.74. The van der Waals surface area contributed by atoms with E-state index in [9.17, 15) is 18.0 Å². The monoisotopic (exact) mass is 395 g/mol. The number of benzene rings is 3. The van der Waals surface area contributed by atoms with Gasteiger partial charge in [0.1, 0.15) is 5.75 Å². The minimum Gasteiger partial charge on any atom is -0.406 e. The molecule has 0 aliphatic rings. The summed E-state index contributed by atoms with van der Waals surface area (Å²) in [5.41, 5.74) is 4.58. The maximum absolute atomic E-state index is 12.6. The number of halogens is 3. The molecule has 3 nitrogen and oxygen atoms in total. The third-order valence-electron chi connectivity index (χ3n) is 4.74. The summed E-state index contributed by atoms with van der Waals surface area (Å²) in [4.78, 5) is 15.9. The minimum absolute atomic E-state index is 0.0151. The summed E-state index contributed by atoms with van der Waals surface area (Å²) >= 11 is 0. The van der Waals surface area contributed by atoms with Gasteiger partial charge in [-0.25, -0.2) is 0 Å². The first kappa shape index (κ1) is 18.8. The van der Waals surface area contributed by atoms with Crippen LogP contribution in [0.25, 0.3) is 33.3 Å². The maximum Gasteiger partial charge on any atom is 0.573 e. The summed E-state index contributed by atoms with van der Waals surface area (Å²) in [6.45, 7) is 1.79. The average Bonchev–Trinajstić information content (AvgIpc) is 2.70. The lowest BCUT2D eigenvalue weighted by Crippen LogP contribution is -2.16. The molecule has 0 saturated heterocycles. The molecule has 4 rings (SSSR count). The van der Waals surface area contributed by atoms with Crippen LogP contribution in [0.4, 0.5) is 13.2 Å². The SMILES string of the molecule is Cc1c(-c2ccc(-c3ccc(OC(F)(F)F)cc3)cc2)[nH]c2ccccc2c1=O. The molecule has 0 bridgehead atoms. The van der Waals surface area contributed by atoms with Crippen LogP contribution in [0.2, 0.25) is 0 Å². The number of nitrogens with one attached hydrogen (secondary N) is 1. The van der Waals surface area contributed by atoms with Crippen molar-refractivity contribution in [3.05, 3.63) is 88.6 Å². The van der Waals surface area contributed by atoms with Crippen LogP contribution in [0.15, 0.2) is 77.6 Å². The van der Waals surface area contributed by atoms with Crippen molar-refractivity contribution in [3.63, 3.8) is 0 Å². The van der Waals surface area contributed by atoms with E-state index in [0.717, 1.165) is 27.9 Å². The zero-order chi connectivity index (χ0) is 20.6. The summed E-state index contributed by atoms with van der Waals surface area (Å²) in [7, 11) is 0. The first-order valence-corrected chi connectivity index (χ1v) is 8.90. The smallest absolute Gasteiger partial charge is 0.406 e. The molecule has 146 valence electrons. The van der Waals surface area contributed by atoms with E-state index in [2.05, 4.69) is 9.72 Å². The molecule has 0 aliphatic carbocycles. The van der Waals surface area contributed by atoms with E-state index >= 15 is 0 Å². The Bertz CT molecular complexity index is 1220. The highest BCUT2D eigenvalue weighted by atomic mass is 19.4. The summed E-state index contributed by atoms with van der Waals surface area (Å²) in [5.74, 6) is -0.262. The van der Waals surface area contributed by atoms with Gasteiger partial charge in [-0.15, -0.1) is 13.2 Å². The van der Waals surface area contributed by atoms with Gasteiger partial charge in [0.15, 0.2) is 5.43 Å². The van der Waals surface area contributed by atoms with Gasteiger partial charge in [0, 0.05) is 16.5 Å². The highest BCUT2D eigenvalue weighted by Crippen LogP contribution is 2.29. The van der Waals surface area contributed by atoms with Gasteiger partial charge in [0.2, 0.25) is 0 Å². The molecule has 0 fully saturated rings. The molecular formula is C23H16F3NO2. The molecule has 6 heteroatoms. The van der Waals surface area contributed by atoms with Crippen molar-refractivity contribution in [1.29, 1.82) is 0 Å². The Hall–Kier alpha value is -3.54. The van der Waals surface area contributed by atoms with Crippen molar-refractivity contribution >= 4 is 10.9 Å². The number of fused-ring (bicyclic) bond motifs is 1. The van der Waals surface area contributed by atoms with E-state index in [-0.39, 0.29) is 11.2 Å². The van der Waals surface area contributed by atoms with E-state index in [0.29, 0.717) is 10.9 Å².